The Hall–Kier alpha value is -2.48. The van der Waals surface area contributed by atoms with Gasteiger partial charge in [0.25, 0.3) is 0 Å². The fourth-order valence-corrected chi connectivity index (χ4v) is 2.66. The molecule has 4 rings (SSSR count). The summed E-state index contributed by atoms with van der Waals surface area (Å²) in [6, 6.07) is 1.84. The molecule has 3 heterocycles. The predicted molar refractivity (Wildman–Crippen MR) is 88.8 cm³/mol. The van der Waals surface area contributed by atoms with Gasteiger partial charge in [-0.05, 0) is 19.3 Å². The number of anilines is 2. The van der Waals surface area contributed by atoms with Crippen LogP contribution in [-0.4, -0.2) is 52.3 Å². The van der Waals surface area contributed by atoms with Crippen LogP contribution in [0.3, 0.4) is 0 Å². The van der Waals surface area contributed by atoms with E-state index in [4.69, 9.17) is 15.2 Å². The Morgan fingerprint density at radius 2 is 1.88 bits per heavy atom. The van der Waals surface area contributed by atoms with Crippen molar-refractivity contribution in [2.75, 3.05) is 36.9 Å². The predicted octanol–water partition coefficient (Wildman–Crippen LogP) is 1.28. The van der Waals surface area contributed by atoms with E-state index in [1.807, 2.05) is 6.07 Å². The van der Waals surface area contributed by atoms with Crippen molar-refractivity contribution in [3.05, 3.63) is 18.5 Å². The number of nitrogen functional groups attached to an aromatic ring is 1. The SMILES string of the molecule is Nc1ncc(-c2cc(OC3CCC3)nc(N3CCOCC3)n2)cn1. The molecule has 2 aromatic rings. The van der Waals surface area contributed by atoms with Crippen molar-refractivity contribution in [2.45, 2.75) is 25.4 Å². The van der Waals surface area contributed by atoms with Gasteiger partial charge in [-0.3, -0.25) is 0 Å². The zero-order chi connectivity index (χ0) is 16.4. The van der Waals surface area contributed by atoms with Crippen LogP contribution in [0, 0.1) is 0 Å². The van der Waals surface area contributed by atoms with E-state index in [0.717, 1.165) is 37.2 Å². The number of ether oxygens (including phenoxy) is 2. The van der Waals surface area contributed by atoms with Crippen molar-refractivity contribution < 1.29 is 9.47 Å². The van der Waals surface area contributed by atoms with Crippen molar-refractivity contribution in [3.63, 3.8) is 0 Å². The summed E-state index contributed by atoms with van der Waals surface area (Å²) in [5, 5.41) is 0. The van der Waals surface area contributed by atoms with Gasteiger partial charge in [-0.1, -0.05) is 0 Å². The highest BCUT2D eigenvalue weighted by Crippen LogP contribution is 2.28. The van der Waals surface area contributed by atoms with Crippen LogP contribution in [0.25, 0.3) is 11.3 Å². The van der Waals surface area contributed by atoms with Gasteiger partial charge in [0.1, 0.15) is 6.10 Å². The molecule has 24 heavy (non-hydrogen) atoms. The van der Waals surface area contributed by atoms with E-state index in [2.05, 4.69) is 24.8 Å². The van der Waals surface area contributed by atoms with Crippen LogP contribution in [0.1, 0.15) is 19.3 Å². The van der Waals surface area contributed by atoms with Crippen molar-refractivity contribution in [1.82, 2.24) is 19.9 Å². The quantitative estimate of drug-likeness (QED) is 0.896. The van der Waals surface area contributed by atoms with Crippen molar-refractivity contribution in [1.29, 1.82) is 0 Å². The summed E-state index contributed by atoms with van der Waals surface area (Å²) in [6.07, 6.45) is 6.97. The molecule has 8 nitrogen and oxygen atoms in total. The fraction of sp³-hybridized carbons (Fsp3) is 0.500. The van der Waals surface area contributed by atoms with Crippen LogP contribution in [0.2, 0.25) is 0 Å². The molecule has 0 radical (unpaired) electrons. The molecule has 0 amide bonds. The number of nitrogens with two attached hydrogens (primary N) is 1. The van der Waals surface area contributed by atoms with E-state index in [0.29, 0.717) is 25.0 Å². The standard InChI is InChI=1S/C16H20N6O2/c17-15-18-9-11(10-19-15)13-8-14(24-12-2-1-3-12)21-16(20-13)22-4-6-23-7-5-22/h8-10,12H,1-7H2,(H2,17,18,19). The minimum atomic E-state index is 0.243. The molecular formula is C16H20N6O2. The van der Waals surface area contributed by atoms with Crippen LogP contribution >= 0.6 is 0 Å². The van der Waals surface area contributed by atoms with Gasteiger partial charge in [-0.2, -0.15) is 4.98 Å². The molecule has 2 aromatic heterocycles. The summed E-state index contributed by atoms with van der Waals surface area (Å²) in [4.78, 5) is 19.5. The summed E-state index contributed by atoms with van der Waals surface area (Å²) < 4.78 is 11.4. The second kappa shape index (κ2) is 6.56. The van der Waals surface area contributed by atoms with E-state index in [1.165, 1.54) is 6.42 Å². The smallest absolute Gasteiger partial charge is 0.229 e. The lowest BCUT2D eigenvalue weighted by Crippen LogP contribution is -2.37. The second-order valence-electron chi connectivity index (χ2n) is 5.99. The molecule has 126 valence electrons. The van der Waals surface area contributed by atoms with Gasteiger partial charge < -0.3 is 20.1 Å². The third-order valence-electron chi connectivity index (χ3n) is 4.29. The molecular weight excluding hydrogens is 308 g/mol. The molecule has 0 unspecified atom stereocenters. The van der Waals surface area contributed by atoms with E-state index in [-0.39, 0.29) is 12.1 Å². The van der Waals surface area contributed by atoms with Gasteiger partial charge in [0.15, 0.2) is 0 Å². The molecule has 0 bridgehead atoms. The lowest BCUT2D eigenvalue weighted by Gasteiger charge is -2.29. The summed E-state index contributed by atoms with van der Waals surface area (Å²) >= 11 is 0. The summed E-state index contributed by atoms with van der Waals surface area (Å²) in [7, 11) is 0. The average molecular weight is 328 g/mol. The molecule has 1 aliphatic carbocycles. The maximum Gasteiger partial charge on any atom is 0.229 e. The highest BCUT2D eigenvalue weighted by atomic mass is 16.5. The molecule has 0 atom stereocenters. The Morgan fingerprint density at radius 1 is 1.12 bits per heavy atom. The minimum absolute atomic E-state index is 0.243. The van der Waals surface area contributed by atoms with E-state index < -0.39 is 0 Å². The molecule has 2 fully saturated rings. The minimum Gasteiger partial charge on any atom is -0.474 e. The van der Waals surface area contributed by atoms with E-state index in [1.54, 1.807) is 12.4 Å². The highest BCUT2D eigenvalue weighted by molar-refractivity contribution is 5.60. The molecule has 0 aromatic carbocycles. The second-order valence-corrected chi connectivity index (χ2v) is 5.99. The van der Waals surface area contributed by atoms with Crippen LogP contribution in [-0.2, 0) is 4.74 Å². The largest absolute Gasteiger partial charge is 0.474 e. The Morgan fingerprint density at radius 3 is 2.54 bits per heavy atom. The van der Waals surface area contributed by atoms with Crippen molar-refractivity contribution >= 4 is 11.9 Å². The number of nitrogens with zero attached hydrogens (tertiary/aromatic N) is 5. The van der Waals surface area contributed by atoms with Gasteiger partial charge in [0.05, 0.1) is 18.9 Å². The third-order valence-corrected chi connectivity index (χ3v) is 4.29. The van der Waals surface area contributed by atoms with Gasteiger partial charge in [0, 0.05) is 37.1 Å². The van der Waals surface area contributed by atoms with Crippen LogP contribution in [0.15, 0.2) is 18.5 Å². The Bertz CT molecular complexity index is 698. The maximum atomic E-state index is 5.99. The van der Waals surface area contributed by atoms with E-state index in [9.17, 15) is 0 Å². The third kappa shape index (κ3) is 3.23. The van der Waals surface area contributed by atoms with Gasteiger partial charge in [-0.25, -0.2) is 15.0 Å². The monoisotopic (exact) mass is 328 g/mol. The topological polar surface area (TPSA) is 99.3 Å². The molecule has 1 aliphatic heterocycles. The zero-order valence-corrected chi connectivity index (χ0v) is 13.4. The number of rotatable bonds is 4. The Labute approximate surface area is 140 Å². The normalized spacial score (nSPS) is 18.2. The average Bonchev–Trinajstić information content (AvgIpc) is 2.59. The first-order valence-electron chi connectivity index (χ1n) is 8.24. The molecule has 2 N–H and O–H groups in total. The van der Waals surface area contributed by atoms with Gasteiger partial charge in [0.2, 0.25) is 17.8 Å². The Kier molecular flexibility index (Phi) is 4.12. The van der Waals surface area contributed by atoms with Crippen molar-refractivity contribution in [3.8, 4) is 17.1 Å². The zero-order valence-electron chi connectivity index (χ0n) is 13.4. The van der Waals surface area contributed by atoms with Gasteiger partial charge in [-0.15, -0.1) is 0 Å². The number of hydrogen-bond acceptors (Lipinski definition) is 8. The molecule has 2 aliphatic rings. The Balaban J connectivity index is 1.67. The number of hydrogen-bond donors (Lipinski definition) is 1. The lowest BCUT2D eigenvalue weighted by molar-refractivity contribution is 0.113. The molecule has 0 spiro atoms. The fourth-order valence-electron chi connectivity index (χ4n) is 2.66. The number of aromatic nitrogens is 4. The van der Waals surface area contributed by atoms with Crippen LogP contribution in [0.5, 0.6) is 5.88 Å². The summed E-state index contributed by atoms with van der Waals surface area (Å²) in [5.41, 5.74) is 7.10. The summed E-state index contributed by atoms with van der Waals surface area (Å²) in [6.45, 7) is 2.89. The van der Waals surface area contributed by atoms with Crippen LogP contribution < -0.4 is 15.4 Å². The molecule has 1 saturated carbocycles. The van der Waals surface area contributed by atoms with Gasteiger partial charge >= 0.3 is 0 Å². The first-order chi connectivity index (χ1) is 11.8. The lowest BCUT2D eigenvalue weighted by atomic mass is 9.96. The maximum absolute atomic E-state index is 5.99. The van der Waals surface area contributed by atoms with Crippen molar-refractivity contribution in [2.24, 2.45) is 0 Å². The van der Waals surface area contributed by atoms with Crippen LogP contribution in [0.4, 0.5) is 11.9 Å². The highest BCUT2D eigenvalue weighted by Gasteiger charge is 2.22. The molecule has 1 saturated heterocycles. The summed E-state index contributed by atoms with van der Waals surface area (Å²) in [5.74, 6) is 1.50. The van der Waals surface area contributed by atoms with E-state index >= 15 is 0 Å². The number of morpholine rings is 1. The molecule has 8 heteroatoms. The first-order valence-corrected chi connectivity index (χ1v) is 8.24. The first kappa shape index (κ1) is 15.1.